The number of hydrogen-bond donors (Lipinski definition) is 0. The molecule has 0 N–H and O–H groups in total. The lowest BCUT2D eigenvalue weighted by atomic mass is 10.1. The van der Waals surface area contributed by atoms with E-state index in [1.807, 2.05) is 0 Å². The second-order valence-electron chi connectivity index (χ2n) is 3.31. The summed E-state index contributed by atoms with van der Waals surface area (Å²) in [5.74, 6) is -0.925. The number of carbonyl (C=O) groups excluding carboxylic acids is 1. The summed E-state index contributed by atoms with van der Waals surface area (Å²) in [7, 11) is 0. The summed E-state index contributed by atoms with van der Waals surface area (Å²) in [6.45, 7) is -1.27. The van der Waals surface area contributed by atoms with Crippen molar-refractivity contribution in [2.24, 2.45) is 0 Å². The average molecular weight is 267 g/mol. The number of esters is 1. The van der Waals surface area contributed by atoms with E-state index in [1.165, 1.54) is 18.2 Å². The molecule has 1 rings (SSSR count). The van der Waals surface area contributed by atoms with E-state index in [9.17, 15) is 13.6 Å². The molecule has 0 heterocycles. The summed E-state index contributed by atoms with van der Waals surface area (Å²) >= 11 is 0. The molecule has 4 nitrogen and oxygen atoms in total. The number of carbonyl (C=O) groups is 1. The molecule has 1 aromatic carbocycles. The van der Waals surface area contributed by atoms with Crippen molar-refractivity contribution in [3.05, 3.63) is 35.4 Å². The maximum Gasteiger partial charge on any atom is 0.387 e. The highest BCUT2D eigenvalue weighted by Crippen LogP contribution is 2.23. The van der Waals surface area contributed by atoms with Crippen LogP contribution in [0.5, 0.6) is 5.75 Å². The van der Waals surface area contributed by atoms with Gasteiger partial charge in [0, 0.05) is 5.56 Å². The molecule has 0 unspecified atom stereocenters. The molecule has 19 heavy (non-hydrogen) atoms. The van der Waals surface area contributed by atoms with Crippen molar-refractivity contribution >= 4 is 12.0 Å². The highest BCUT2D eigenvalue weighted by molar-refractivity contribution is 5.98. The standard InChI is InChI=1S/C13H11F2NO3/c1-2-18-12(17)10(8-16)7-9-5-3-4-6-11(9)19-13(14)15/h3-7,13H,2H2,1H3/b10-7+. The van der Waals surface area contributed by atoms with Gasteiger partial charge < -0.3 is 9.47 Å². The zero-order valence-electron chi connectivity index (χ0n) is 10.1. The Kier molecular flexibility index (Phi) is 5.48. The Balaban J connectivity index is 3.08. The highest BCUT2D eigenvalue weighted by atomic mass is 19.3. The molecule has 6 heteroatoms. The van der Waals surface area contributed by atoms with Crippen LogP contribution in [-0.4, -0.2) is 19.2 Å². The molecule has 0 aliphatic carbocycles. The first kappa shape index (κ1) is 14.6. The lowest BCUT2D eigenvalue weighted by molar-refractivity contribution is -0.137. The minimum Gasteiger partial charge on any atom is -0.462 e. The van der Waals surface area contributed by atoms with Crippen molar-refractivity contribution in [3.8, 4) is 11.8 Å². The van der Waals surface area contributed by atoms with Gasteiger partial charge in [-0.25, -0.2) is 4.79 Å². The van der Waals surface area contributed by atoms with E-state index in [-0.39, 0.29) is 23.5 Å². The molecule has 0 fully saturated rings. The quantitative estimate of drug-likeness (QED) is 0.467. The summed E-state index contributed by atoms with van der Waals surface area (Å²) < 4.78 is 33.4. The predicted molar refractivity (Wildman–Crippen MR) is 63.3 cm³/mol. The van der Waals surface area contributed by atoms with E-state index in [0.29, 0.717) is 0 Å². The van der Waals surface area contributed by atoms with E-state index in [4.69, 9.17) is 5.26 Å². The smallest absolute Gasteiger partial charge is 0.387 e. The van der Waals surface area contributed by atoms with Crippen LogP contribution in [0.3, 0.4) is 0 Å². The number of nitriles is 1. The largest absolute Gasteiger partial charge is 0.462 e. The van der Waals surface area contributed by atoms with Crippen LogP contribution in [0.15, 0.2) is 29.8 Å². The summed E-state index contributed by atoms with van der Waals surface area (Å²) in [6, 6.07) is 7.51. The topological polar surface area (TPSA) is 59.3 Å². The van der Waals surface area contributed by atoms with Crippen molar-refractivity contribution in [1.29, 1.82) is 5.26 Å². The maximum absolute atomic E-state index is 12.2. The molecule has 0 amide bonds. The molecule has 100 valence electrons. The van der Waals surface area contributed by atoms with E-state index < -0.39 is 12.6 Å². The average Bonchev–Trinajstić information content (AvgIpc) is 2.37. The van der Waals surface area contributed by atoms with Gasteiger partial charge in [-0.2, -0.15) is 14.0 Å². The molecular weight excluding hydrogens is 256 g/mol. The summed E-state index contributed by atoms with van der Waals surface area (Å²) in [4.78, 5) is 11.4. The fraction of sp³-hybridized carbons (Fsp3) is 0.231. The third kappa shape index (κ3) is 4.39. The van der Waals surface area contributed by atoms with Gasteiger partial charge in [0.1, 0.15) is 17.4 Å². The van der Waals surface area contributed by atoms with Crippen LogP contribution < -0.4 is 4.74 Å². The highest BCUT2D eigenvalue weighted by Gasteiger charge is 2.13. The minimum atomic E-state index is -2.98. The lowest BCUT2D eigenvalue weighted by Crippen LogP contribution is -2.07. The van der Waals surface area contributed by atoms with E-state index >= 15 is 0 Å². The Morgan fingerprint density at radius 2 is 2.16 bits per heavy atom. The van der Waals surface area contributed by atoms with Crippen LogP contribution in [0.25, 0.3) is 6.08 Å². The van der Waals surface area contributed by atoms with Gasteiger partial charge in [-0.3, -0.25) is 0 Å². The second kappa shape index (κ2) is 7.11. The number of nitrogens with zero attached hydrogens (tertiary/aromatic N) is 1. The molecule has 0 aliphatic rings. The van der Waals surface area contributed by atoms with Gasteiger partial charge in [-0.15, -0.1) is 0 Å². The zero-order chi connectivity index (χ0) is 14.3. The van der Waals surface area contributed by atoms with E-state index in [2.05, 4.69) is 9.47 Å². The molecule has 0 aliphatic heterocycles. The molecular formula is C13H11F2NO3. The monoisotopic (exact) mass is 267 g/mol. The van der Waals surface area contributed by atoms with Crippen LogP contribution in [0.4, 0.5) is 8.78 Å². The molecule has 0 spiro atoms. The van der Waals surface area contributed by atoms with Crippen LogP contribution in [0, 0.1) is 11.3 Å². The number of ether oxygens (including phenoxy) is 2. The first-order chi connectivity index (χ1) is 9.08. The van der Waals surface area contributed by atoms with Crippen molar-refractivity contribution in [1.82, 2.24) is 0 Å². The fourth-order valence-corrected chi connectivity index (χ4v) is 1.30. The number of rotatable bonds is 5. The van der Waals surface area contributed by atoms with Gasteiger partial charge in [-0.05, 0) is 19.1 Å². The Labute approximate surface area is 108 Å². The van der Waals surface area contributed by atoms with Crippen molar-refractivity contribution in [3.63, 3.8) is 0 Å². The number of benzene rings is 1. The van der Waals surface area contributed by atoms with Crippen LogP contribution in [0.2, 0.25) is 0 Å². The summed E-state index contributed by atoms with van der Waals surface area (Å²) in [5, 5.41) is 8.85. The molecule has 0 bridgehead atoms. The molecule has 0 saturated heterocycles. The third-order valence-corrected chi connectivity index (χ3v) is 2.05. The van der Waals surface area contributed by atoms with E-state index in [1.54, 1.807) is 19.1 Å². The number of halogens is 2. The minimum absolute atomic E-state index is 0.116. The Hall–Kier alpha value is -2.42. The first-order valence-electron chi connectivity index (χ1n) is 5.41. The van der Waals surface area contributed by atoms with Gasteiger partial charge in [0.05, 0.1) is 6.61 Å². The molecule has 0 aromatic heterocycles. The summed E-state index contributed by atoms with van der Waals surface area (Å²) in [6.07, 6.45) is 1.15. The molecule has 0 saturated carbocycles. The molecule has 0 atom stereocenters. The Bertz CT molecular complexity index is 521. The fourth-order valence-electron chi connectivity index (χ4n) is 1.30. The SMILES string of the molecule is CCOC(=O)/C(C#N)=C/c1ccccc1OC(F)F. The van der Waals surface area contributed by atoms with Crippen molar-refractivity contribution < 1.29 is 23.0 Å². The van der Waals surface area contributed by atoms with Crippen molar-refractivity contribution in [2.45, 2.75) is 13.5 Å². The Morgan fingerprint density at radius 1 is 1.47 bits per heavy atom. The van der Waals surface area contributed by atoms with Gasteiger partial charge in [0.15, 0.2) is 0 Å². The van der Waals surface area contributed by atoms with E-state index in [0.717, 1.165) is 6.08 Å². The number of alkyl halides is 2. The molecule has 0 radical (unpaired) electrons. The first-order valence-corrected chi connectivity index (χ1v) is 5.41. The van der Waals surface area contributed by atoms with Crippen LogP contribution >= 0.6 is 0 Å². The number of hydrogen-bond acceptors (Lipinski definition) is 4. The predicted octanol–water partition coefficient (Wildman–Crippen LogP) is 2.76. The van der Waals surface area contributed by atoms with Gasteiger partial charge in [0.2, 0.25) is 0 Å². The van der Waals surface area contributed by atoms with Gasteiger partial charge in [-0.1, -0.05) is 18.2 Å². The van der Waals surface area contributed by atoms with Crippen LogP contribution in [-0.2, 0) is 9.53 Å². The third-order valence-electron chi connectivity index (χ3n) is 2.05. The zero-order valence-corrected chi connectivity index (χ0v) is 10.1. The second-order valence-corrected chi connectivity index (χ2v) is 3.31. The maximum atomic E-state index is 12.2. The number of para-hydroxylation sites is 1. The van der Waals surface area contributed by atoms with Crippen molar-refractivity contribution in [2.75, 3.05) is 6.61 Å². The van der Waals surface area contributed by atoms with Crippen LogP contribution in [0.1, 0.15) is 12.5 Å². The Morgan fingerprint density at radius 3 is 2.74 bits per heavy atom. The normalized spacial score (nSPS) is 11.0. The van der Waals surface area contributed by atoms with Gasteiger partial charge >= 0.3 is 12.6 Å². The lowest BCUT2D eigenvalue weighted by Gasteiger charge is -2.07. The summed E-state index contributed by atoms with van der Waals surface area (Å²) in [5.41, 5.74) is -0.0837. The van der Waals surface area contributed by atoms with Gasteiger partial charge in [0.25, 0.3) is 0 Å². The molecule has 1 aromatic rings.